The predicted octanol–water partition coefficient (Wildman–Crippen LogP) is 0.432. The second-order valence-electron chi connectivity index (χ2n) is 1.83. The third kappa shape index (κ3) is 1.80. The van der Waals surface area contributed by atoms with Crippen molar-refractivity contribution >= 4 is 17.2 Å². The highest BCUT2D eigenvalue weighted by atomic mass is 32.1. The van der Waals surface area contributed by atoms with Crippen LogP contribution in [0.2, 0.25) is 0 Å². The van der Waals surface area contributed by atoms with Crippen molar-refractivity contribution in [3.05, 3.63) is 16.6 Å². The summed E-state index contributed by atoms with van der Waals surface area (Å²) in [5.41, 5.74) is 2.56. The Hall–Kier alpha value is -0.900. The zero-order chi connectivity index (χ0) is 7.40. The van der Waals surface area contributed by atoms with Gasteiger partial charge in [0.25, 0.3) is 0 Å². The minimum absolute atomic E-state index is 0.00546. The number of rotatable bonds is 2. The first-order chi connectivity index (χ1) is 4.83. The van der Waals surface area contributed by atoms with Crippen molar-refractivity contribution in [2.75, 3.05) is 7.05 Å². The first-order valence-electron chi connectivity index (χ1n) is 2.90. The topological polar surface area (TPSA) is 42.0 Å². The molecule has 0 saturated heterocycles. The molecular weight excluding hydrogens is 148 g/mol. The van der Waals surface area contributed by atoms with Crippen molar-refractivity contribution in [1.82, 2.24) is 10.3 Å². The van der Waals surface area contributed by atoms with Crippen LogP contribution in [0, 0.1) is 0 Å². The number of nitrogens with zero attached hydrogens (tertiary/aromatic N) is 1. The number of thiazole rings is 1. The molecule has 10 heavy (non-hydrogen) atoms. The minimum atomic E-state index is 0.00546. The molecule has 1 aromatic rings. The lowest BCUT2D eigenvalue weighted by molar-refractivity contribution is -0.120. The quantitative estimate of drug-likeness (QED) is 0.674. The number of hydrogen-bond acceptors (Lipinski definition) is 3. The van der Waals surface area contributed by atoms with Crippen LogP contribution in [0.3, 0.4) is 0 Å². The third-order valence-corrected chi connectivity index (χ3v) is 1.74. The van der Waals surface area contributed by atoms with Crippen LogP contribution < -0.4 is 5.32 Å². The molecule has 1 N–H and O–H groups in total. The van der Waals surface area contributed by atoms with Gasteiger partial charge in [-0.25, -0.2) is 4.98 Å². The maximum Gasteiger partial charge on any atom is 0.225 e. The Morgan fingerprint density at radius 3 is 3.20 bits per heavy atom. The molecule has 1 aromatic heterocycles. The molecule has 0 saturated carbocycles. The first-order valence-corrected chi connectivity index (χ1v) is 3.85. The van der Waals surface area contributed by atoms with E-state index >= 15 is 0 Å². The normalized spacial score (nSPS) is 9.30. The fourth-order valence-electron chi connectivity index (χ4n) is 0.578. The summed E-state index contributed by atoms with van der Waals surface area (Å²) in [5, 5.41) is 4.40. The maximum absolute atomic E-state index is 10.7. The molecule has 0 radical (unpaired) electrons. The second kappa shape index (κ2) is 3.31. The highest BCUT2D eigenvalue weighted by molar-refractivity contribution is 7.07. The molecule has 54 valence electrons. The number of amides is 1. The fraction of sp³-hybridized carbons (Fsp3) is 0.333. The van der Waals surface area contributed by atoms with E-state index in [4.69, 9.17) is 0 Å². The lowest BCUT2D eigenvalue weighted by Crippen LogP contribution is -2.19. The number of carbonyl (C=O) groups is 1. The molecular formula is C6H8N2OS. The van der Waals surface area contributed by atoms with Crippen LogP contribution in [0.15, 0.2) is 10.9 Å². The minimum Gasteiger partial charge on any atom is -0.359 e. The molecule has 0 fully saturated rings. The van der Waals surface area contributed by atoms with Crippen molar-refractivity contribution in [1.29, 1.82) is 0 Å². The Kier molecular flexibility index (Phi) is 2.39. The lowest BCUT2D eigenvalue weighted by Gasteiger charge is -1.93. The molecule has 1 amide bonds. The Labute approximate surface area is 63.1 Å². The summed E-state index contributed by atoms with van der Waals surface area (Å²) in [4.78, 5) is 14.7. The monoisotopic (exact) mass is 156 g/mol. The summed E-state index contributed by atoms with van der Waals surface area (Å²) in [7, 11) is 1.62. The van der Waals surface area contributed by atoms with Gasteiger partial charge in [-0.15, -0.1) is 11.3 Å². The molecule has 0 aliphatic heterocycles. The first kappa shape index (κ1) is 7.21. The number of likely N-dealkylation sites (N-methyl/N-ethyl adjacent to an activating group) is 1. The van der Waals surface area contributed by atoms with Gasteiger partial charge < -0.3 is 5.32 Å². The molecule has 1 rings (SSSR count). The summed E-state index contributed by atoms with van der Waals surface area (Å²) >= 11 is 1.50. The Balaban J connectivity index is 2.48. The standard InChI is InChI=1S/C6H8N2OS/c1-7-6(9)2-5-3-10-4-8-5/h3-4H,2H2,1H3,(H,7,9). The van der Waals surface area contributed by atoms with E-state index in [0.717, 1.165) is 5.69 Å². The van der Waals surface area contributed by atoms with Crippen molar-refractivity contribution in [2.45, 2.75) is 6.42 Å². The van der Waals surface area contributed by atoms with E-state index in [9.17, 15) is 4.79 Å². The van der Waals surface area contributed by atoms with Crippen LogP contribution in [0.25, 0.3) is 0 Å². The SMILES string of the molecule is CNC(=O)Cc1cscn1. The largest absolute Gasteiger partial charge is 0.359 e. The van der Waals surface area contributed by atoms with Gasteiger partial charge in [0.15, 0.2) is 0 Å². The van der Waals surface area contributed by atoms with E-state index in [1.807, 2.05) is 5.38 Å². The number of hydrogen-bond donors (Lipinski definition) is 1. The molecule has 1 heterocycles. The van der Waals surface area contributed by atoms with Crippen molar-refractivity contribution in [3.8, 4) is 0 Å². The van der Waals surface area contributed by atoms with Crippen LogP contribution in [0.4, 0.5) is 0 Å². The van der Waals surface area contributed by atoms with Gasteiger partial charge in [-0.05, 0) is 0 Å². The molecule has 4 heteroatoms. The molecule has 3 nitrogen and oxygen atoms in total. The van der Waals surface area contributed by atoms with Crippen LogP contribution in [0.5, 0.6) is 0 Å². The molecule has 0 aliphatic carbocycles. The summed E-state index contributed by atoms with van der Waals surface area (Å²) < 4.78 is 0. The Bertz CT molecular complexity index is 208. The van der Waals surface area contributed by atoms with Gasteiger partial charge in [-0.3, -0.25) is 4.79 Å². The average molecular weight is 156 g/mol. The molecule has 0 aliphatic rings. The molecule has 0 bridgehead atoms. The maximum atomic E-state index is 10.7. The summed E-state index contributed by atoms with van der Waals surface area (Å²) in [6, 6.07) is 0. The van der Waals surface area contributed by atoms with E-state index in [-0.39, 0.29) is 5.91 Å². The zero-order valence-corrected chi connectivity index (χ0v) is 6.44. The van der Waals surface area contributed by atoms with Crippen molar-refractivity contribution in [2.24, 2.45) is 0 Å². The molecule has 0 atom stereocenters. The van der Waals surface area contributed by atoms with Gasteiger partial charge in [0.05, 0.1) is 17.6 Å². The van der Waals surface area contributed by atoms with Gasteiger partial charge in [-0.1, -0.05) is 0 Å². The number of nitrogens with one attached hydrogen (secondary N) is 1. The van der Waals surface area contributed by atoms with Crippen LogP contribution in [-0.4, -0.2) is 17.9 Å². The third-order valence-electron chi connectivity index (χ3n) is 1.10. The summed E-state index contributed by atoms with van der Waals surface area (Å²) in [6.07, 6.45) is 0.389. The van der Waals surface area contributed by atoms with Crippen molar-refractivity contribution < 1.29 is 4.79 Å². The zero-order valence-electron chi connectivity index (χ0n) is 5.63. The smallest absolute Gasteiger partial charge is 0.225 e. The van der Waals surface area contributed by atoms with E-state index in [1.165, 1.54) is 11.3 Å². The van der Waals surface area contributed by atoms with Crippen LogP contribution >= 0.6 is 11.3 Å². The Morgan fingerprint density at radius 2 is 2.70 bits per heavy atom. The van der Waals surface area contributed by atoms with E-state index < -0.39 is 0 Å². The van der Waals surface area contributed by atoms with Gasteiger partial charge in [0.2, 0.25) is 5.91 Å². The van der Waals surface area contributed by atoms with E-state index in [2.05, 4.69) is 10.3 Å². The lowest BCUT2D eigenvalue weighted by atomic mass is 10.3. The van der Waals surface area contributed by atoms with Gasteiger partial charge >= 0.3 is 0 Å². The number of aromatic nitrogens is 1. The molecule has 0 unspecified atom stereocenters. The molecule has 0 aromatic carbocycles. The van der Waals surface area contributed by atoms with Crippen LogP contribution in [0.1, 0.15) is 5.69 Å². The highest BCUT2D eigenvalue weighted by Crippen LogP contribution is 2.00. The van der Waals surface area contributed by atoms with Gasteiger partial charge in [0, 0.05) is 12.4 Å². The second-order valence-corrected chi connectivity index (χ2v) is 2.55. The van der Waals surface area contributed by atoms with Gasteiger partial charge in [0.1, 0.15) is 0 Å². The summed E-state index contributed by atoms with van der Waals surface area (Å²) in [5.74, 6) is 0.00546. The van der Waals surface area contributed by atoms with Gasteiger partial charge in [-0.2, -0.15) is 0 Å². The fourth-order valence-corrected chi connectivity index (χ4v) is 1.14. The van der Waals surface area contributed by atoms with Crippen LogP contribution in [-0.2, 0) is 11.2 Å². The summed E-state index contributed by atoms with van der Waals surface area (Å²) in [6.45, 7) is 0. The number of carbonyl (C=O) groups excluding carboxylic acids is 1. The molecule has 0 spiro atoms. The van der Waals surface area contributed by atoms with Crippen molar-refractivity contribution in [3.63, 3.8) is 0 Å². The Morgan fingerprint density at radius 1 is 1.90 bits per heavy atom. The highest BCUT2D eigenvalue weighted by Gasteiger charge is 2.00. The van der Waals surface area contributed by atoms with E-state index in [0.29, 0.717) is 6.42 Å². The average Bonchev–Trinajstić information content (AvgIpc) is 2.40. The predicted molar refractivity (Wildman–Crippen MR) is 39.9 cm³/mol. The van der Waals surface area contributed by atoms with E-state index in [1.54, 1.807) is 12.6 Å².